The molecule has 2 rings (SSSR count). The Bertz CT molecular complexity index is 468. The Morgan fingerprint density at radius 3 is 2.68 bits per heavy atom. The minimum atomic E-state index is 0. The Labute approximate surface area is 150 Å². The van der Waals surface area contributed by atoms with Gasteiger partial charge in [0.1, 0.15) is 0 Å². The molecule has 1 fully saturated rings. The number of nitrogens with zero attached hydrogens (tertiary/aromatic N) is 2. The van der Waals surface area contributed by atoms with Crippen molar-refractivity contribution < 1.29 is 4.74 Å². The summed E-state index contributed by atoms with van der Waals surface area (Å²) < 4.78 is 7.29. The molecule has 0 aromatic carbocycles. The van der Waals surface area contributed by atoms with E-state index in [1.165, 1.54) is 24.8 Å². The van der Waals surface area contributed by atoms with Crippen LogP contribution in [0.4, 0.5) is 0 Å². The molecule has 0 saturated heterocycles. The second-order valence-electron chi connectivity index (χ2n) is 6.06. The van der Waals surface area contributed by atoms with Gasteiger partial charge < -0.3 is 19.9 Å². The van der Waals surface area contributed by atoms with Crippen LogP contribution in [0.5, 0.6) is 0 Å². The van der Waals surface area contributed by atoms with E-state index in [0.717, 1.165) is 32.1 Å². The molecule has 1 heterocycles. The van der Waals surface area contributed by atoms with Gasteiger partial charge in [0.15, 0.2) is 5.96 Å². The molecule has 22 heavy (non-hydrogen) atoms. The van der Waals surface area contributed by atoms with Crippen molar-refractivity contribution in [3.63, 3.8) is 0 Å². The number of hydrogen-bond donors (Lipinski definition) is 2. The molecular formula is C16H29IN4O. The van der Waals surface area contributed by atoms with Crippen molar-refractivity contribution in [3.8, 4) is 0 Å². The smallest absolute Gasteiger partial charge is 0.191 e. The van der Waals surface area contributed by atoms with Gasteiger partial charge in [0.05, 0.1) is 0 Å². The molecule has 0 bridgehead atoms. The molecule has 1 aliphatic carbocycles. The molecule has 0 spiro atoms. The van der Waals surface area contributed by atoms with Gasteiger partial charge in [0, 0.05) is 53.3 Å². The Morgan fingerprint density at radius 2 is 2.18 bits per heavy atom. The Kier molecular flexibility index (Phi) is 8.24. The topological polar surface area (TPSA) is 50.6 Å². The lowest BCUT2D eigenvalue weighted by Gasteiger charge is -2.42. The lowest BCUT2D eigenvalue weighted by Crippen LogP contribution is -2.46. The minimum Gasteiger partial charge on any atom is -0.385 e. The third-order valence-corrected chi connectivity index (χ3v) is 4.46. The molecule has 1 aliphatic rings. The van der Waals surface area contributed by atoms with Crippen molar-refractivity contribution in [3.05, 3.63) is 24.0 Å². The number of halogens is 1. The van der Waals surface area contributed by atoms with Crippen LogP contribution < -0.4 is 10.6 Å². The maximum absolute atomic E-state index is 5.24. The second kappa shape index (κ2) is 9.39. The Balaban J connectivity index is 0.00000242. The fourth-order valence-corrected chi connectivity index (χ4v) is 2.85. The minimum absolute atomic E-state index is 0. The number of nitrogens with one attached hydrogen (secondary N) is 2. The lowest BCUT2D eigenvalue weighted by molar-refractivity contribution is 0.0732. The SMILES string of the molecule is CN=C(NCc1ccn(C)c1)NCC1(CCOC)CCC1.I. The van der Waals surface area contributed by atoms with Crippen LogP contribution >= 0.6 is 24.0 Å². The van der Waals surface area contributed by atoms with Gasteiger partial charge in [0.2, 0.25) is 0 Å². The van der Waals surface area contributed by atoms with Crippen molar-refractivity contribution in [1.29, 1.82) is 0 Å². The molecule has 1 aromatic rings. The van der Waals surface area contributed by atoms with Crippen molar-refractivity contribution in [2.75, 3.05) is 27.3 Å². The van der Waals surface area contributed by atoms with Gasteiger partial charge in [0.25, 0.3) is 0 Å². The van der Waals surface area contributed by atoms with Gasteiger partial charge in [-0.25, -0.2) is 0 Å². The summed E-state index contributed by atoms with van der Waals surface area (Å²) in [5, 5.41) is 6.84. The summed E-state index contributed by atoms with van der Waals surface area (Å²) in [6.07, 6.45) is 9.22. The van der Waals surface area contributed by atoms with Crippen LogP contribution in [0.2, 0.25) is 0 Å². The van der Waals surface area contributed by atoms with Crippen molar-refractivity contribution >= 4 is 29.9 Å². The van der Waals surface area contributed by atoms with E-state index in [9.17, 15) is 0 Å². The number of aryl methyl sites for hydroxylation is 1. The molecule has 0 unspecified atom stereocenters. The molecule has 0 atom stereocenters. The Morgan fingerprint density at radius 1 is 1.41 bits per heavy atom. The molecule has 1 aromatic heterocycles. The first-order valence-corrected chi connectivity index (χ1v) is 7.72. The lowest BCUT2D eigenvalue weighted by atomic mass is 9.67. The van der Waals surface area contributed by atoms with Crippen molar-refractivity contribution in [1.82, 2.24) is 15.2 Å². The highest BCUT2D eigenvalue weighted by Crippen LogP contribution is 2.43. The zero-order valence-corrected chi connectivity index (χ0v) is 16.2. The van der Waals surface area contributed by atoms with E-state index in [1.54, 1.807) is 7.11 Å². The van der Waals surface area contributed by atoms with Crippen LogP contribution in [0.3, 0.4) is 0 Å². The van der Waals surface area contributed by atoms with Crippen LogP contribution in [-0.4, -0.2) is 37.8 Å². The highest BCUT2D eigenvalue weighted by molar-refractivity contribution is 14.0. The van der Waals surface area contributed by atoms with Crippen LogP contribution in [0, 0.1) is 5.41 Å². The standard InChI is InChI=1S/C16H28N4O.HI/c1-17-15(18-11-14-5-9-20(2)12-14)19-13-16(6-4-7-16)8-10-21-3;/h5,9,12H,4,6-8,10-11,13H2,1-3H3,(H2,17,18,19);1H. The average molecular weight is 420 g/mol. The number of aromatic nitrogens is 1. The predicted molar refractivity (Wildman–Crippen MR) is 102 cm³/mol. The number of methoxy groups -OCH3 is 1. The first-order chi connectivity index (χ1) is 10.2. The molecule has 0 aliphatic heterocycles. The van der Waals surface area contributed by atoms with E-state index in [2.05, 4.69) is 38.7 Å². The van der Waals surface area contributed by atoms with Crippen LogP contribution in [-0.2, 0) is 18.3 Å². The molecule has 0 amide bonds. The maximum Gasteiger partial charge on any atom is 0.191 e. The van der Waals surface area contributed by atoms with E-state index >= 15 is 0 Å². The van der Waals surface area contributed by atoms with E-state index in [4.69, 9.17) is 4.74 Å². The highest BCUT2D eigenvalue weighted by atomic mass is 127. The van der Waals surface area contributed by atoms with Crippen LogP contribution in [0.15, 0.2) is 23.5 Å². The average Bonchev–Trinajstić information content (AvgIpc) is 2.86. The summed E-state index contributed by atoms with van der Waals surface area (Å²) in [5.74, 6) is 0.877. The largest absolute Gasteiger partial charge is 0.385 e. The van der Waals surface area contributed by atoms with Crippen molar-refractivity contribution in [2.24, 2.45) is 17.5 Å². The van der Waals surface area contributed by atoms with Gasteiger partial charge in [-0.1, -0.05) is 6.42 Å². The fourth-order valence-electron chi connectivity index (χ4n) is 2.85. The van der Waals surface area contributed by atoms with E-state index in [1.807, 2.05) is 14.1 Å². The summed E-state index contributed by atoms with van der Waals surface area (Å²) >= 11 is 0. The van der Waals surface area contributed by atoms with E-state index < -0.39 is 0 Å². The van der Waals surface area contributed by atoms with Crippen LogP contribution in [0.1, 0.15) is 31.2 Å². The second-order valence-corrected chi connectivity index (χ2v) is 6.06. The van der Waals surface area contributed by atoms with Gasteiger partial charge in [-0.05, 0) is 36.3 Å². The first kappa shape index (κ1) is 19.3. The zero-order valence-electron chi connectivity index (χ0n) is 13.9. The monoisotopic (exact) mass is 420 g/mol. The summed E-state index contributed by atoms with van der Waals surface area (Å²) in [4.78, 5) is 4.31. The van der Waals surface area contributed by atoms with E-state index in [0.29, 0.717) is 5.41 Å². The predicted octanol–water partition coefficient (Wildman–Crippen LogP) is 2.51. The van der Waals surface area contributed by atoms with Gasteiger partial charge in [-0.3, -0.25) is 4.99 Å². The fraction of sp³-hybridized carbons (Fsp3) is 0.688. The normalized spacial score (nSPS) is 16.6. The summed E-state index contributed by atoms with van der Waals surface area (Å²) in [6, 6.07) is 2.12. The molecule has 126 valence electrons. The summed E-state index contributed by atoms with van der Waals surface area (Å²) in [7, 11) is 5.63. The molecule has 0 radical (unpaired) electrons. The van der Waals surface area contributed by atoms with Gasteiger partial charge >= 0.3 is 0 Å². The first-order valence-electron chi connectivity index (χ1n) is 7.72. The molecular weight excluding hydrogens is 391 g/mol. The number of rotatable bonds is 7. The Hall–Kier alpha value is -0.760. The highest BCUT2D eigenvalue weighted by Gasteiger charge is 2.36. The number of aliphatic imine (C=N–C) groups is 1. The number of guanidine groups is 1. The molecule has 6 heteroatoms. The molecule has 2 N–H and O–H groups in total. The van der Waals surface area contributed by atoms with Gasteiger partial charge in [-0.15, -0.1) is 24.0 Å². The zero-order chi connectivity index (χ0) is 15.1. The van der Waals surface area contributed by atoms with Gasteiger partial charge in [-0.2, -0.15) is 0 Å². The van der Waals surface area contributed by atoms with E-state index in [-0.39, 0.29) is 24.0 Å². The number of ether oxygens (including phenoxy) is 1. The third-order valence-electron chi connectivity index (χ3n) is 4.46. The van der Waals surface area contributed by atoms with Crippen LogP contribution in [0.25, 0.3) is 0 Å². The third kappa shape index (κ3) is 5.46. The summed E-state index contributed by atoms with van der Waals surface area (Å²) in [6.45, 7) is 2.62. The molecule has 1 saturated carbocycles. The maximum atomic E-state index is 5.24. The summed E-state index contributed by atoms with van der Waals surface area (Å²) in [5.41, 5.74) is 1.67. The number of hydrogen-bond acceptors (Lipinski definition) is 2. The van der Waals surface area contributed by atoms with Crippen molar-refractivity contribution in [2.45, 2.75) is 32.2 Å². The quantitative estimate of drug-likeness (QED) is 0.405. The molecule has 5 nitrogen and oxygen atoms in total.